The summed E-state index contributed by atoms with van der Waals surface area (Å²) >= 11 is 0. The molecule has 0 fully saturated rings. The number of hydrogen-bond donors (Lipinski definition) is 1. The minimum atomic E-state index is -0.543. The van der Waals surface area contributed by atoms with E-state index in [4.69, 9.17) is 15.2 Å². The topological polar surface area (TPSA) is 70.3 Å². The Morgan fingerprint density at radius 2 is 1.83 bits per heavy atom. The van der Waals surface area contributed by atoms with Crippen LogP contribution in [0.1, 0.15) is 12.0 Å². The van der Waals surface area contributed by atoms with Crippen LogP contribution in [0.15, 0.2) is 12.4 Å². The molecule has 1 aromatic rings. The molecule has 0 radical (unpaired) electrons. The van der Waals surface area contributed by atoms with E-state index in [1.54, 1.807) is 0 Å². The zero-order chi connectivity index (χ0) is 8.97. The third-order valence-corrected chi connectivity index (χ3v) is 1.41. The number of nitrogens with two attached hydrogens (primary N) is 1. The van der Waals surface area contributed by atoms with Crippen LogP contribution in [0.4, 0.5) is 5.82 Å². The summed E-state index contributed by atoms with van der Waals surface area (Å²) in [4.78, 5) is 7.83. The van der Waals surface area contributed by atoms with E-state index in [0.717, 1.165) is 0 Å². The molecule has 5 nitrogen and oxygen atoms in total. The van der Waals surface area contributed by atoms with Gasteiger partial charge in [0.15, 0.2) is 0 Å². The van der Waals surface area contributed by atoms with Crippen molar-refractivity contribution >= 4 is 5.82 Å². The maximum Gasteiger partial charge on any atom is 0.204 e. The molecule has 0 spiro atoms. The molecule has 0 aliphatic heterocycles. The predicted octanol–water partition coefficient (Wildman–Crippen LogP) is 0.350. The summed E-state index contributed by atoms with van der Waals surface area (Å²) in [5.74, 6) is 0.325. The highest BCUT2D eigenvalue weighted by molar-refractivity contribution is 5.33. The predicted molar refractivity (Wildman–Crippen MR) is 43.2 cm³/mol. The first-order valence-electron chi connectivity index (χ1n) is 3.41. The average Bonchev–Trinajstić information content (AvgIpc) is 2.10. The molecule has 0 saturated heterocycles. The van der Waals surface area contributed by atoms with Crippen molar-refractivity contribution in [2.75, 3.05) is 20.0 Å². The molecule has 2 N–H and O–H groups in total. The van der Waals surface area contributed by atoms with Crippen LogP contribution in [-0.2, 0) is 9.47 Å². The lowest BCUT2D eigenvalue weighted by Gasteiger charge is -2.12. The van der Waals surface area contributed by atoms with Gasteiger partial charge in [0.2, 0.25) is 6.29 Å². The van der Waals surface area contributed by atoms with Crippen LogP contribution in [-0.4, -0.2) is 24.2 Å². The van der Waals surface area contributed by atoms with Gasteiger partial charge in [-0.3, -0.25) is 4.98 Å². The first kappa shape index (κ1) is 8.89. The smallest absolute Gasteiger partial charge is 0.204 e. The standard InChI is InChI=1S/C7H11N3O2/c1-11-7(12-2)5-6(8)10-4-3-9-5/h3-4,7H,1-2H3,(H2,8,10). The SMILES string of the molecule is COC(OC)c1nccnc1N. The van der Waals surface area contributed by atoms with E-state index in [1.807, 2.05) is 0 Å². The average molecular weight is 169 g/mol. The Morgan fingerprint density at radius 3 is 2.33 bits per heavy atom. The lowest BCUT2D eigenvalue weighted by atomic mass is 10.4. The quantitative estimate of drug-likeness (QED) is 0.661. The zero-order valence-corrected chi connectivity index (χ0v) is 7.02. The van der Waals surface area contributed by atoms with Gasteiger partial charge in [-0.05, 0) is 0 Å². The van der Waals surface area contributed by atoms with Crippen molar-refractivity contribution in [3.8, 4) is 0 Å². The van der Waals surface area contributed by atoms with Gasteiger partial charge in [-0.25, -0.2) is 4.98 Å². The van der Waals surface area contributed by atoms with Crippen LogP contribution in [0.3, 0.4) is 0 Å². The van der Waals surface area contributed by atoms with E-state index in [1.165, 1.54) is 26.6 Å². The van der Waals surface area contributed by atoms with Crippen LogP contribution in [0, 0.1) is 0 Å². The fourth-order valence-electron chi connectivity index (χ4n) is 0.861. The zero-order valence-electron chi connectivity index (χ0n) is 7.02. The Morgan fingerprint density at radius 1 is 1.25 bits per heavy atom. The van der Waals surface area contributed by atoms with Crippen molar-refractivity contribution in [2.45, 2.75) is 6.29 Å². The highest BCUT2D eigenvalue weighted by Crippen LogP contribution is 2.17. The first-order valence-corrected chi connectivity index (χ1v) is 3.41. The van der Waals surface area contributed by atoms with E-state index in [2.05, 4.69) is 9.97 Å². The van der Waals surface area contributed by atoms with Crippen LogP contribution >= 0.6 is 0 Å². The molecule has 0 saturated carbocycles. The molecule has 1 rings (SSSR count). The van der Waals surface area contributed by atoms with E-state index >= 15 is 0 Å². The number of anilines is 1. The largest absolute Gasteiger partial charge is 0.382 e. The Balaban J connectivity index is 2.92. The van der Waals surface area contributed by atoms with Crippen LogP contribution in [0.5, 0.6) is 0 Å². The minimum Gasteiger partial charge on any atom is -0.382 e. The molecule has 1 heterocycles. The van der Waals surface area contributed by atoms with Crippen molar-refractivity contribution in [1.82, 2.24) is 9.97 Å². The van der Waals surface area contributed by atoms with E-state index in [0.29, 0.717) is 11.5 Å². The number of rotatable bonds is 3. The molecule has 5 heteroatoms. The molecule has 1 aromatic heterocycles. The normalized spacial score (nSPS) is 10.6. The number of ether oxygens (including phenoxy) is 2. The first-order chi connectivity index (χ1) is 5.79. The number of methoxy groups -OCH3 is 2. The Labute approximate surface area is 70.5 Å². The highest BCUT2D eigenvalue weighted by atomic mass is 16.7. The van der Waals surface area contributed by atoms with Crippen LogP contribution < -0.4 is 5.73 Å². The lowest BCUT2D eigenvalue weighted by Crippen LogP contribution is -2.10. The fourth-order valence-corrected chi connectivity index (χ4v) is 0.861. The van der Waals surface area contributed by atoms with Crippen molar-refractivity contribution in [1.29, 1.82) is 0 Å². The second-order valence-corrected chi connectivity index (χ2v) is 2.13. The third kappa shape index (κ3) is 1.69. The van der Waals surface area contributed by atoms with Crippen LogP contribution in [0.25, 0.3) is 0 Å². The number of hydrogen-bond acceptors (Lipinski definition) is 5. The van der Waals surface area contributed by atoms with Gasteiger partial charge in [0.1, 0.15) is 11.5 Å². The van der Waals surface area contributed by atoms with E-state index in [9.17, 15) is 0 Å². The summed E-state index contributed by atoms with van der Waals surface area (Å²) < 4.78 is 9.92. The van der Waals surface area contributed by atoms with E-state index < -0.39 is 6.29 Å². The maximum atomic E-state index is 5.54. The van der Waals surface area contributed by atoms with Gasteiger partial charge >= 0.3 is 0 Å². The Kier molecular flexibility index (Phi) is 2.95. The molecule has 0 bridgehead atoms. The molecule has 0 aromatic carbocycles. The summed E-state index contributed by atoms with van der Waals surface area (Å²) in [5, 5.41) is 0. The molecule has 12 heavy (non-hydrogen) atoms. The minimum absolute atomic E-state index is 0.325. The van der Waals surface area contributed by atoms with Gasteiger partial charge in [0.05, 0.1) is 0 Å². The maximum absolute atomic E-state index is 5.54. The Hall–Kier alpha value is -1.20. The fraction of sp³-hybridized carbons (Fsp3) is 0.429. The summed E-state index contributed by atoms with van der Waals surface area (Å²) in [5.41, 5.74) is 6.04. The molecule has 0 unspecified atom stereocenters. The van der Waals surface area contributed by atoms with Gasteiger partial charge in [-0.15, -0.1) is 0 Å². The van der Waals surface area contributed by atoms with Crippen molar-refractivity contribution < 1.29 is 9.47 Å². The van der Waals surface area contributed by atoms with Gasteiger partial charge < -0.3 is 15.2 Å². The number of nitrogens with zero attached hydrogens (tertiary/aromatic N) is 2. The number of aromatic nitrogens is 2. The molecular weight excluding hydrogens is 158 g/mol. The molecule has 0 aliphatic rings. The molecule has 0 atom stereocenters. The summed E-state index contributed by atoms with van der Waals surface area (Å²) in [7, 11) is 3.03. The van der Waals surface area contributed by atoms with Gasteiger partial charge in [0, 0.05) is 26.6 Å². The molecule has 0 aliphatic carbocycles. The van der Waals surface area contributed by atoms with Gasteiger partial charge in [-0.2, -0.15) is 0 Å². The number of nitrogen functional groups attached to an aromatic ring is 1. The monoisotopic (exact) mass is 169 g/mol. The summed E-state index contributed by atoms with van der Waals surface area (Å²) in [6.45, 7) is 0. The second kappa shape index (κ2) is 3.99. The molecule has 0 amide bonds. The Bertz CT molecular complexity index is 250. The van der Waals surface area contributed by atoms with E-state index in [-0.39, 0.29) is 0 Å². The van der Waals surface area contributed by atoms with Crippen LogP contribution in [0.2, 0.25) is 0 Å². The molecular formula is C7H11N3O2. The summed E-state index contributed by atoms with van der Waals surface area (Å²) in [6, 6.07) is 0. The molecule has 66 valence electrons. The van der Waals surface area contributed by atoms with Gasteiger partial charge in [-0.1, -0.05) is 0 Å². The third-order valence-electron chi connectivity index (χ3n) is 1.41. The lowest BCUT2D eigenvalue weighted by molar-refractivity contribution is -0.108. The highest BCUT2D eigenvalue weighted by Gasteiger charge is 2.13. The van der Waals surface area contributed by atoms with Crippen molar-refractivity contribution in [2.24, 2.45) is 0 Å². The van der Waals surface area contributed by atoms with Crippen molar-refractivity contribution in [3.05, 3.63) is 18.1 Å². The van der Waals surface area contributed by atoms with Crippen molar-refractivity contribution in [3.63, 3.8) is 0 Å². The van der Waals surface area contributed by atoms with Gasteiger partial charge in [0.25, 0.3) is 0 Å². The summed E-state index contributed by atoms with van der Waals surface area (Å²) in [6.07, 6.45) is 2.51. The second-order valence-electron chi connectivity index (χ2n) is 2.13.